The molecule has 3 unspecified atom stereocenters. The number of nitrogens with two attached hydrogens (primary N) is 1. The van der Waals surface area contributed by atoms with Crippen LogP contribution in [0.15, 0.2) is 30.3 Å². The van der Waals surface area contributed by atoms with Crippen molar-refractivity contribution in [1.82, 2.24) is 5.32 Å². The second-order valence-electron chi connectivity index (χ2n) is 5.20. The van der Waals surface area contributed by atoms with Crippen molar-refractivity contribution in [3.63, 3.8) is 0 Å². The van der Waals surface area contributed by atoms with Gasteiger partial charge in [-0.15, -0.1) is 12.4 Å². The Morgan fingerprint density at radius 2 is 2.11 bits per heavy atom. The van der Waals surface area contributed by atoms with Crippen LogP contribution in [0.5, 0.6) is 0 Å². The van der Waals surface area contributed by atoms with E-state index >= 15 is 0 Å². The van der Waals surface area contributed by atoms with E-state index in [1.54, 1.807) is 0 Å². The molecule has 106 valence electrons. The number of carbonyl (C=O) groups is 1. The maximum atomic E-state index is 11.9. The Bertz CT molecular complexity index is 396. The van der Waals surface area contributed by atoms with Crippen molar-refractivity contribution in [3.8, 4) is 0 Å². The molecule has 1 aliphatic rings. The minimum atomic E-state index is -0.435. The molecule has 1 aliphatic carbocycles. The fourth-order valence-corrected chi connectivity index (χ4v) is 2.36. The molecule has 3 atom stereocenters. The molecule has 0 aliphatic heterocycles. The minimum Gasteiger partial charge on any atom is -0.352 e. The molecule has 0 radical (unpaired) electrons. The van der Waals surface area contributed by atoms with E-state index in [0.29, 0.717) is 18.4 Å². The lowest BCUT2D eigenvalue weighted by atomic mass is 10.1. The van der Waals surface area contributed by atoms with Crippen molar-refractivity contribution < 1.29 is 4.79 Å². The third-order valence-electron chi connectivity index (χ3n) is 3.54. The van der Waals surface area contributed by atoms with Crippen LogP contribution >= 0.6 is 12.4 Å². The number of carbonyl (C=O) groups excluding carboxylic acids is 1. The van der Waals surface area contributed by atoms with E-state index in [1.807, 2.05) is 30.3 Å². The zero-order valence-corrected chi connectivity index (χ0v) is 12.2. The van der Waals surface area contributed by atoms with Gasteiger partial charge in [0.25, 0.3) is 0 Å². The quantitative estimate of drug-likeness (QED) is 0.841. The number of hydrogen-bond acceptors (Lipinski definition) is 2. The number of hydrogen-bond donors (Lipinski definition) is 2. The van der Waals surface area contributed by atoms with Crippen molar-refractivity contribution in [2.24, 2.45) is 11.7 Å². The molecule has 3 nitrogen and oxygen atoms in total. The average Bonchev–Trinajstić information content (AvgIpc) is 3.09. The molecular formula is C15H23ClN2O. The summed E-state index contributed by atoms with van der Waals surface area (Å²) in [5.74, 6) is 0.672. The third kappa shape index (κ3) is 4.84. The van der Waals surface area contributed by atoms with Gasteiger partial charge in [-0.25, -0.2) is 0 Å². The van der Waals surface area contributed by atoms with Crippen LogP contribution in [0.25, 0.3) is 0 Å². The number of benzene rings is 1. The van der Waals surface area contributed by atoms with Crippen LogP contribution in [-0.2, 0) is 11.2 Å². The molecule has 19 heavy (non-hydrogen) atoms. The molecule has 1 fully saturated rings. The Hall–Kier alpha value is -1.06. The van der Waals surface area contributed by atoms with E-state index in [9.17, 15) is 4.79 Å². The van der Waals surface area contributed by atoms with Crippen LogP contribution in [0.2, 0.25) is 0 Å². The van der Waals surface area contributed by atoms with Gasteiger partial charge in [-0.3, -0.25) is 4.79 Å². The molecule has 2 rings (SSSR count). The normalized spacial score (nSPS) is 22.2. The van der Waals surface area contributed by atoms with Crippen LogP contribution in [0.4, 0.5) is 0 Å². The Balaban J connectivity index is 0.00000180. The van der Waals surface area contributed by atoms with Gasteiger partial charge in [0, 0.05) is 6.04 Å². The fourth-order valence-electron chi connectivity index (χ4n) is 2.36. The molecule has 0 heterocycles. The standard InChI is InChI=1S/C15H22N2O.ClH/c1-2-6-12-10-14(12)17-15(18)13(16)9-11-7-4-3-5-8-11;/h3-5,7-8,12-14H,2,6,9-10,16H2,1H3,(H,17,18);1H. The number of nitrogens with one attached hydrogen (secondary N) is 1. The first-order chi connectivity index (χ1) is 8.70. The first-order valence-corrected chi connectivity index (χ1v) is 6.80. The molecule has 0 spiro atoms. The molecule has 4 heteroatoms. The average molecular weight is 283 g/mol. The van der Waals surface area contributed by atoms with Crippen LogP contribution in [0, 0.1) is 5.92 Å². The van der Waals surface area contributed by atoms with Gasteiger partial charge in [-0.1, -0.05) is 43.7 Å². The predicted octanol–water partition coefficient (Wildman–Crippen LogP) is 2.28. The molecule has 0 bridgehead atoms. The number of halogens is 1. The lowest BCUT2D eigenvalue weighted by Crippen LogP contribution is -2.43. The molecule has 1 amide bonds. The van der Waals surface area contributed by atoms with E-state index in [2.05, 4.69) is 12.2 Å². The van der Waals surface area contributed by atoms with Crippen LogP contribution in [0.3, 0.4) is 0 Å². The number of amides is 1. The molecule has 3 N–H and O–H groups in total. The Labute approximate surface area is 121 Å². The highest BCUT2D eigenvalue weighted by Gasteiger charge is 2.37. The SMILES string of the molecule is CCCC1CC1NC(=O)C(N)Cc1ccccc1.Cl. The zero-order chi connectivity index (χ0) is 13.0. The number of rotatable bonds is 6. The zero-order valence-electron chi connectivity index (χ0n) is 11.3. The summed E-state index contributed by atoms with van der Waals surface area (Å²) in [7, 11) is 0. The molecule has 1 aromatic rings. The van der Waals surface area contributed by atoms with Gasteiger partial charge in [0.2, 0.25) is 5.91 Å². The van der Waals surface area contributed by atoms with Gasteiger partial charge in [-0.2, -0.15) is 0 Å². The highest BCUT2D eigenvalue weighted by molar-refractivity contribution is 5.85. The highest BCUT2D eigenvalue weighted by Crippen LogP contribution is 2.34. The molecule has 0 aromatic heterocycles. The minimum absolute atomic E-state index is 0. The van der Waals surface area contributed by atoms with Crippen LogP contribution in [-0.4, -0.2) is 18.0 Å². The summed E-state index contributed by atoms with van der Waals surface area (Å²) in [4.78, 5) is 11.9. The van der Waals surface area contributed by atoms with E-state index in [-0.39, 0.29) is 18.3 Å². The van der Waals surface area contributed by atoms with Gasteiger partial charge >= 0.3 is 0 Å². The van der Waals surface area contributed by atoms with Gasteiger partial charge in [0.1, 0.15) is 0 Å². The summed E-state index contributed by atoms with van der Waals surface area (Å²) >= 11 is 0. The topological polar surface area (TPSA) is 55.1 Å². The van der Waals surface area contributed by atoms with Crippen molar-refractivity contribution in [1.29, 1.82) is 0 Å². The lowest BCUT2D eigenvalue weighted by Gasteiger charge is -2.12. The van der Waals surface area contributed by atoms with Crippen molar-refractivity contribution in [3.05, 3.63) is 35.9 Å². The van der Waals surface area contributed by atoms with E-state index in [1.165, 1.54) is 12.8 Å². The molecule has 1 aromatic carbocycles. The van der Waals surface area contributed by atoms with E-state index in [4.69, 9.17) is 5.73 Å². The van der Waals surface area contributed by atoms with Crippen molar-refractivity contribution >= 4 is 18.3 Å². The maximum Gasteiger partial charge on any atom is 0.237 e. The molecular weight excluding hydrogens is 260 g/mol. The fraction of sp³-hybridized carbons (Fsp3) is 0.533. The van der Waals surface area contributed by atoms with Crippen LogP contribution < -0.4 is 11.1 Å². The second kappa shape index (κ2) is 7.51. The Morgan fingerprint density at radius 1 is 1.42 bits per heavy atom. The predicted molar refractivity (Wildman–Crippen MR) is 80.3 cm³/mol. The van der Waals surface area contributed by atoms with E-state index < -0.39 is 6.04 Å². The first-order valence-electron chi connectivity index (χ1n) is 6.80. The van der Waals surface area contributed by atoms with Gasteiger partial charge in [0.05, 0.1) is 6.04 Å². The lowest BCUT2D eigenvalue weighted by molar-refractivity contribution is -0.122. The molecule has 0 saturated heterocycles. The summed E-state index contributed by atoms with van der Waals surface area (Å²) in [6, 6.07) is 9.86. The Morgan fingerprint density at radius 3 is 2.74 bits per heavy atom. The van der Waals surface area contributed by atoms with Crippen molar-refractivity contribution in [2.45, 2.75) is 44.7 Å². The van der Waals surface area contributed by atoms with Crippen LogP contribution in [0.1, 0.15) is 31.7 Å². The maximum absolute atomic E-state index is 11.9. The second-order valence-corrected chi connectivity index (χ2v) is 5.20. The van der Waals surface area contributed by atoms with Gasteiger partial charge < -0.3 is 11.1 Å². The highest BCUT2D eigenvalue weighted by atomic mass is 35.5. The third-order valence-corrected chi connectivity index (χ3v) is 3.54. The Kier molecular flexibility index (Phi) is 6.32. The summed E-state index contributed by atoms with van der Waals surface area (Å²) in [5, 5.41) is 3.04. The summed E-state index contributed by atoms with van der Waals surface area (Å²) in [6.07, 6.45) is 4.13. The van der Waals surface area contributed by atoms with Gasteiger partial charge in [-0.05, 0) is 30.7 Å². The summed E-state index contributed by atoms with van der Waals surface area (Å²) in [6.45, 7) is 2.18. The largest absolute Gasteiger partial charge is 0.352 e. The van der Waals surface area contributed by atoms with Crippen molar-refractivity contribution in [2.75, 3.05) is 0 Å². The molecule has 1 saturated carbocycles. The summed E-state index contributed by atoms with van der Waals surface area (Å²) in [5.41, 5.74) is 7.04. The first kappa shape index (κ1) is 16.0. The summed E-state index contributed by atoms with van der Waals surface area (Å²) < 4.78 is 0. The van der Waals surface area contributed by atoms with E-state index in [0.717, 1.165) is 12.0 Å². The monoisotopic (exact) mass is 282 g/mol. The smallest absolute Gasteiger partial charge is 0.237 e. The van der Waals surface area contributed by atoms with Gasteiger partial charge in [0.15, 0.2) is 0 Å².